The molecule has 26 heavy (non-hydrogen) atoms. The molecule has 0 radical (unpaired) electrons. The third kappa shape index (κ3) is 5.52. The molecule has 0 atom stereocenters. The minimum atomic E-state index is -3.53. The topological polar surface area (TPSA) is 98.4 Å². The number of piperidine rings is 1. The lowest BCUT2D eigenvalue weighted by Gasteiger charge is -2.30. The molecule has 1 aromatic heterocycles. The van der Waals surface area contributed by atoms with Gasteiger partial charge in [-0.25, -0.2) is 13.4 Å². The highest BCUT2D eigenvalue weighted by atomic mass is 32.2. The quantitative estimate of drug-likeness (QED) is 0.627. The van der Waals surface area contributed by atoms with Gasteiger partial charge in [-0.2, -0.15) is 4.31 Å². The number of rotatable bonds is 10. The van der Waals surface area contributed by atoms with Crippen LogP contribution in [-0.2, 0) is 14.8 Å². The fraction of sp³-hybridized carbons (Fsp3) is 0.765. The number of imidazole rings is 1. The molecule has 0 aliphatic carbocycles. The predicted octanol–water partition coefficient (Wildman–Crippen LogP) is 1.05. The van der Waals surface area contributed by atoms with E-state index >= 15 is 0 Å². The summed E-state index contributed by atoms with van der Waals surface area (Å²) < 4.78 is 26.3. The lowest BCUT2D eigenvalue weighted by molar-refractivity contribution is -0.126. The second-order valence-corrected chi connectivity index (χ2v) is 8.63. The van der Waals surface area contributed by atoms with Crippen molar-refractivity contribution in [3.05, 3.63) is 12.5 Å². The van der Waals surface area contributed by atoms with Gasteiger partial charge in [0.15, 0.2) is 5.03 Å². The molecular formula is C17H31N5O3S. The summed E-state index contributed by atoms with van der Waals surface area (Å²) in [6.45, 7) is 8.64. The highest BCUT2D eigenvalue weighted by molar-refractivity contribution is 7.89. The van der Waals surface area contributed by atoms with E-state index in [2.05, 4.69) is 34.0 Å². The van der Waals surface area contributed by atoms with E-state index < -0.39 is 10.0 Å². The van der Waals surface area contributed by atoms with Crippen LogP contribution in [-0.4, -0.2) is 72.8 Å². The highest BCUT2D eigenvalue weighted by Gasteiger charge is 2.32. The summed E-state index contributed by atoms with van der Waals surface area (Å²) in [5, 5.41) is 3.12. The fourth-order valence-corrected chi connectivity index (χ4v) is 4.70. The van der Waals surface area contributed by atoms with Gasteiger partial charge in [-0.05, 0) is 38.8 Å². The SMILES string of the molecule is CCCN(CCC)CCNC(=O)C1CCN(S(=O)(=O)c2cnc[nH]2)CC1. The maximum absolute atomic E-state index is 12.4. The second kappa shape index (κ2) is 10.0. The number of carbonyl (C=O) groups excluding carboxylic acids is 1. The number of hydrogen-bond donors (Lipinski definition) is 2. The van der Waals surface area contributed by atoms with E-state index in [0.29, 0.717) is 32.5 Å². The first-order valence-corrected chi connectivity index (χ1v) is 10.9. The first-order valence-electron chi connectivity index (χ1n) is 9.47. The summed E-state index contributed by atoms with van der Waals surface area (Å²) in [4.78, 5) is 21.1. The second-order valence-electron chi connectivity index (χ2n) is 6.73. The molecule has 8 nitrogen and oxygen atoms in total. The van der Waals surface area contributed by atoms with Crippen LogP contribution < -0.4 is 5.32 Å². The number of nitrogens with zero attached hydrogens (tertiary/aromatic N) is 3. The van der Waals surface area contributed by atoms with Crippen molar-refractivity contribution < 1.29 is 13.2 Å². The normalized spacial score (nSPS) is 16.9. The van der Waals surface area contributed by atoms with Gasteiger partial charge in [0.2, 0.25) is 5.91 Å². The molecule has 0 saturated carbocycles. The average Bonchev–Trinajstić information content (AvgIpc) is 3.17. The third-order valence-corrected chi connectivity index (χ3v) is 6.55. The molecule has 1 amide bonds. The van der Waals surface area contributed by atoms with Crippen LogP contribution >= 0.6 is 0 Å². The van der Waals surface area contributed by atoms with Crippen molar-refractivity contribution in [1.29, 1.82) is 0 Å². The molecule has 2 heterocycles. The minimum absolute atomic E-state index is 0.0385. The molecule has 0 aromatic carbocycles. The average molecular weight is 386 g/mol. The molecule has 1 saturated heterocycles. The predicted molar refractivity (Wildman–Crippen MR) is 100 cm³/mol. The Kier molecular flexibility index (Phi) is 8.05. The Balaban J connectivity index is 1.76. The summed E-state index contributed by atoms with van der Waals surface area (Å²) in [5.41, 5.74) is 0. The number of sulfonamides is 1. The molecule has 0 unspecified atom stereocenters. The van der Waals surface area contributed by atoms with E-state index in [4.69, 9.17) is 0 Å². The maximum Gasteiger partial charge on any atom is 0.260 e. The van der Waals surface area contributed by atoms with E-state index in [1.807, 2.05) is 0 Å². The van der Waals surface area contributed by atoms with E-state index in [9.17, 15) is 13.2 Å². The van der Waals surface area contributed by atoms with Crippen molar-refractivity contribution in [3.8, 4) is 0 Å². The Morgan fingerprint density at radius 1 is 1.27 bits per heavy atom. The van der Waals surface area contributed by atoms with Gasteiger partial charge in [-0.3, -0.25) is 4.79 Å². The fourth-order valence-electron chi connectivity index (χ4n) is 3.33. The van der Waals surface area contributed by atoms with Gasteiger partial charge in [-0.1, -0.05) is 13.8 Å². The Hall–Kier alpha value is -1.45. The van der Waals surface area contributed by atoms with Gasteiger partial charge in [-0.15, -0.1) is 0 Å². The van der Waals surface area contributed by atoms with Crippen molar-refractivity contribution in [1.82, 2.24) is 24.5 Å². The maximum atomic E-state index is 12.4. The highest BCUT2D eigenvalue weighted by Crippen LogP contribution is 2.22. The Bertz CT molecular complexity index is 633. The first kappa shape index (κ1) is 20.9. The van der Waals surface area contributed by atoms with Crippen LogP contribution in [0.1, 0.15) is 39.5 Å². The minimum Gasteiger partial charge on any atom is -0.355 e. The van der Waals surface area contributed by atoms with Crippen molar-refractivity contribution in [2.24, 2.45) is 5.92 Å². The van der Waals surface area contributed by atoms with E-state index in [1.165, 1.54) is 16.8 Å². The molecule has 9 heteroatoms. The van der Waals surface area contributed by atoms with Gasteiger partial charge >= 0.3 is 0 Å². The zero-order valence-electron chi connectivity index (χ0n) is 15.8. The molecule has 1 aliphatic rings. The molecule has 0 spiro atoms. The number of aromatic amines is 1. The molecule has 2 rings (SSSR count). The number of aromatic nitrogens is 2. The number of hydrogen-bond acceptors (Lipinski definition) is 5. The number of carbonyl (C=O) groups is 1. The van der Waals surface area contributed by atoms with Crippen LogP contribution in [0.3, 0.4) is 0 Å². The number of H-pyrrole nitrogens is 1. The first-order chi connectivity index (χ1) is 12.5. The smallest absolute Gasteiger partial charge is 0.260 e. The zero-order chi connectivity index (χ0) is 19.0. The van der Waals surface area contributed by atoms with E-state index in [1.54, 1.807) is 0 Å². The molecule has 1 aromatic rings. The summed E-state index contributed by atoms with van der Waals surface area (Å²) in [6, 6.07) is 0. The molecule has 1 aliphatic heterocycles. The van der Waals surface area contributed by atoms with Gasteiger partial charge < -0.3 is 15.2 Å². The van der Waals surface area contributed by atoms with Gasteiger partial charge in [0, 0.05) is 32.1 Å². The van der Waals surface area contributed by atoms with Gasteiger partial charge in [0.05, 0.1) is 12.5 Å². The lowest BCUT2D eigenvalue weighted by Crippen LogP contribution is -2.44. The number of nitrogens with one attached hydrogen (secondary N) is 2. The van der Waals surface area contributed by atoms with Crippen LogP contribution in [0.15, 0.2) is 17.6 Å². The summed E-state index contributed by atoms with van der Waals surface area (Å²) >= 11 is 0. The Morgan fingerprint density at radius 3 is 2.46 bits per heavy atom. The standard InChI is InChI=1S/C17H31N5O3S/c1-3-8-21(9-4-2)12-7-19-17(23)15-5-10-22(11-6-15)26(24,25)16-13-18-14-20-16/h13-15H,3-12H2,1-2H3,(H,18,20)(H,19,23). The molecule has 1 fully saturated rings. The zero-order valence-corrected chi connectivity index (χ0v) is 16.6. The van der Waals surface area contributed by atoms with Crippen molar-refractivity contribution in [2.45, 2.75) is 44.6 Å². The summed E-state index contributed by atoms with van der Waals surface area (Å²) in [5.74, 6) is -0.0782. The van der Waals surface area contributed by atoms with E-state index in [0.717, 1.165) is 32.5 Å². The lowest BCUT2D eigenvalue weighted by atomic mass is 9.97. The third-order valence-electron chi connectivity index (χ3n) is 4.72. The molecule has 0 bridgehead atoms. The van der Waals surface area contributed by atoms with Crippen LogP contribution in [0.25, 0.3) is 0 Å². The summed E-state index contributed by atoms with van der Waals surface area (Å²) in [6.07, 6.45) is 5.98. The molecule has 148 valence electrons. The molecule has 2 N–H and O–H groups in total. The van der Waals surface area contributed by atoms with Crippen LogP contribution in [0.5, 0.6) is 0 Å². The Labute approximate surface area is 156 Å². The van der Waals surface area contributed by atoms with Crippen LogP contribution in [0.2, 0.25) is 0 Å². The van der Waals surface area contributed by atoms with Crippen LogP contribution in [0, 0.1) is 5.92 Å². The monoisotopic (exact) mass is 385 g/mol. The Morgan fingerprint density at radius 2 is 1.92 bits per heavy atom. The largest absolute Gasteiger partial charge is 0.355 e. The summed E-state index contributed by atoms with van der Waals surface area (Å²) in [7, 11) is -3.53. The van der Waals surface area contributed by atoms with Crippen LogP contribution in [0.4, 0.5) is 0 Å². The number of amides is 1. The van der Waals surface area contributed by atoms with Gasteiger partial charge in [0.1, 0.15) is 0 Å². The van der Waals surface area contributed by atoms with Gasteiger partial charge in [0.25, 0.3) is 10.0 Å². The molecular weight excluding hydrogens is 354 g/mol. The van der Waals surface area contributed by atoms with E-state index in [-0.39, 0.29) is 16.9 Å². The van der Waals surface area contributed by atoms with Crippen molar-refractivity contribution in [3.63, 3.8) is 0 Å². The van der Waals surface area contributed by atoms with Crippen molar-refractivity contribution in [2.75, 3.05) is 39.3 Å². The van der Waals surface area contributed by atoms with Crippen molar-refractivity contribution >= 4 is 15.9 Å².